The molecule has 2 nitrogen and oxygen atoms in total. The molecule has 1 aliphatic carbocycles. The Hall–Kier alpha value is -1.02. The van der Waals surface area contributed by atoms with Gasteiger partial charge in [0.1, 0.15) is 0 Å². The second-order valence-corrected chi connectivity index (χ2v) is 5.86. The van der Waals surface area contributed by atoms with Crippen LogP contribution >= 0.6 is 0 Å². The SMILES string of the molecule is CC1CCCC(N(C)CCc2ccccc2N)C1. The van der Waals surface area contributed by atoms with Crippen molar-refractivity contribution in [1.82, 2.24) is 4.90 Å². The Labute approximate surface area is 111 Å². The van der Waals surface area contributed by atoms with Crippen LogP contribution in [0.2, 0.25) is 0 Å². The molecule has 1 saturated carbocycles. The van der Waals surface area contributed by atoms with Gasteiger partial charge in [0.05, 0.1) is 0 Å². The average molecular weight is 246 g/mol. The second-order valence-electron chi connectivity index (χ2n) is 5.86. The number of nitrogen functional groups attached to an aromatic ring is 1. The highest BCUT2D eigenvalue weighted by Gasteiger charge is 2.21. The largest absolute Gasteiger partial charge is 0.399 e. The molecule has 2 N–H and O–H groups in total. The van der Waals surface area contributed by atoms with Crippen LogP contribution < -0.4 is 5.73 Å². The molecule has 0 spiro atoms. The van der Waals surface area contributed by atoms with E-state index in [-0.39, 0.29) is 0 Å². The monoisotopic (exact) mass is 246 g/mol. The molecular weight excluding hydrogens is 220 g/mol. The Morgan fingerprint density at radius 1 is 1.28 bits per heavy atom. The summed E-state index contributed by atoms with van der Waals surface area (Å²) >= 11 is 0. The van der Waals surface area contributed by atoms with Crippen LogP contribution in [0, 0.1) is 5.92 Å². The lowest BCUT2D eigenvalue weighted by Crippen LogP contribution is -2.36. The van der Waals surface area contributed by atoms with Crippen LogP contribution in [-0.4, -0.2) is 24.5 Å². The summed E-state index contributed by atoms with van der Waals surface area (Å²) in [5.41, 5.74) is 8.21. The highest BCUT2D eigenvalue weighted by molar-refractivity contribution is 5.46. The van der Waals surface area contributed by atoms with Crippen LogP contribution in [0.15, 0.2) is 24.3 Å². The third-order valence-corrected chi connectivity index (χ3v) is 4.32. The topological polar surface area (TPSA) is 29.3 Å². The molecule has 100 valence electrons. The molecule has 2 heteroatoms. The van der Waals surface area contributed by atoms with Gasteiger partial charge in [-0.2, -0.15) is 0 Å². The van der Waals surface area contributed by atoms with E-state index in [2.05, 4.69) is 31.0 Å². The summed E-state index contributed by atoms with van der Waals surface area (Å²) in [7, 11) is 2.27. The maximum Gasteiger partial charge on any atom is 0.0347 e. The van der Waals surface area contributed by atoms with E-state index in [0.29, 0.717) is 0 Å². The molecule has 0 radical (unpaired) electrons. The first kappa shape index (κ1) is 13.4. The van der Waals surface area contributed by atoms with Crippen LogP contribution in [-0.2, 0) is 6.42 Å². The normalized spacial score (nSPS) is 24.4. The smallest absolute Gasteiger partial charge is 0.0347 e. The molecule has 0 aliphatic heterocycles. The number of hydrogen-bond acceptors (Lipinski definition) is 2. The van der Waals surface area contributed by atoms with Crippen LogP contribution in [0.3, 0.4) is 0 Å². The first-order valence-corrected chi connectivity index (χ1v) is 7.20. The lowest BCUT2D eigenvalue weighted by atomic mass is 9.86. The molecule has 0 amide bonds. The molecule has 1 aromatic rings. The van der Waals surface area contributed by atoms with Gasteiger partial charge >= 0.3 is 0 Å². The molecule has 1 aliphatic rings. The highest BCUT2D eigenvalue weighted by atomic mass is 15.1. The van der Waals surface area contributed by atoms with Gasteiger partial charge in [0, 0.05) is 18.3 Å². The summed E-state index contributed by atoms with van der Waals surface area (Å²) in [6, 6.07) is 9.00. The van der Waals surface area contributed by atoms with Crippen molar-refractivity contribution < 1.29 is 0 Å². The first-order valence-electron chi connectivity index (χ1n) is 7.20. The zero-order valence-electron chi connectivity index (χ0n) is 11.7. The molecule has 1 fully saturated rings. The predicted molar refractivity (Wildman–Crippen MR) is 78.6 cm³/mol. The molecule has 0 aromatic heterocycles. The minimum absolute atomic E-state index is 0.777. The Bertz CT molecular complexity index is 375. The molecule has 0 bridgehead atoms. The Morgan fingerprint density at radius 3 is 2.78 bits per heavy atom. The number of nitrogens with zero attached hydrogens (tertiary/aromatic N) is 1. The van der Waals surface area contributed by atoms with E-state index in [0.717, 1.165) is 30.6 Å². The highest BCUT2D eigenvalue weighted by Crippen LogP contribution is 2.26. The Balaban J connectivity index is 1.84. The van der Waals surface area contributed by atoms with Crippen molar-refractivity contribution in [2.75, 3.05) is 19.3 Å². The van der Waals surface area contributed by atoms with Gasteiger partial charge in [-0.3, -0.25) is 0 Å². The third-order valence-electron chi connectivity index (χ3n) is 4.32. The van der Waals surface area contributed by atoms with Gasteiger partial charge in [-0.1, -0.05) is 38.0 Å². The number of hydrogen-bond donors (Lipinski definition) is 1. The summed E-state index contributed by atoms with van der Waals surface area (Å²) in [4.78, 5) is 2.53. The number of benzene rings is 1. The fourth-order valence-electron chi connectivity index (χ4n) is 3.04. The van der Waals surface area contributed by atoms with E-state index in [1.165, 1.54) is 31.2 Å². The average Bonchev–Trinajstić information content (AvgIpc) is 2.37. The van der Waals surface area contributed by atoms with E-state index < -0.39 is 0 Å². The number of likely N-dealkylation sites (N-methyl/N-ethyl adjacent to an activating group) is 1. The molecule has 2 atom stereocenters. The van der Waals surface area contributed by atoms with Crippen molar-refractivity contribution in [2.45, 2.75) is 45.1 Å². The molecule has 2 rings (SSSR count). The van der Waals surface area contributed by atoms with Crippen LogP contribution in [0.4, 0.5) is 5.69 Å². The van der Waals surface area contributed by atoms with Crippen LogP contribution in [0.25, 0.3) is 0 Å². The second kappa shape index (κ2) is 6.24. The minimum atomic E-state index is 0.777. The summed E-state index contributed by atoms with van der Waals surface area (Å²) in [6.45, 7) is 3.50. The van der Waals surface area contributed by atoms with Crippen molar-refractivity contribution in [3.63, 3.8) is 0 Å². The Kier molecular flexibility index (Phi) is 4.65. The zero-order chi connectivity index (χ0) is 13.0. The van der Waals surface area contributed by atoms with E-state index in [1.807, 2.05) is 12.1 Å². The molecular formula is C16H26N2. The van der Waals surface area contributed by atoms with Crippen molar-refractivity contribution in [3.05, 3.63) is 29.8 Å². The fraction of sp³-hybridized carbons (Fsp3) is 0.625. The van der Waals surface area contributed by atoms with Gasteiger partial charge < -0.3 is 10.6 Å². The minimum Gasteiger partial charge on any atom is -0.399 e. The van der Waals surface area contributed by atoms with E-state index in [9.17, 15) is 0 Å². The quantitative estimate of drug-likeness (QED) is 0.826. The lowest BCUT2D eigenvalue weighted by molar-refractivity contribution is 0.165. The van der Waals surface area contributed by atoms with E-state index >= 15 is 0 Å². The van der Waals surface area contributed by atoms with Crippen molar-refractivity contribution in [2.24, 2.45) is 5.92 Å². The molecule has 2 unspecified atom stereocenters. The summed E-state index contributed by atoms with van der Waals surface area (Å²) < 4.78 is 0. The molecule has 0 saturated heterocycles. The van der Waals surface area contributed by atoms with Crippen LogP contribution in [0.5, 0.6) is 0 Å². The van der Waals surface area contributed by atoms with Gasteiger partial charge in [-0.15, -0.1) is 0 Å². The Morgan fingerprint density at radius 2 is 2.06 bits per heavy atom. The summed E-state index contributed by atoms with van der Waals surface area (Å²) in [5.74, 6) is 0.896. The number of nitrogens with two attached hydrogens (primary N) is 1. The number of anilines is 1. The molecule has 1 aromatic carbocycles. The fourth-order valence-corrected chi connectivity index (χ4v) is 3.04. The van der Waals surface area contributed by atoms with Gasteiger partial charge in [0.25, 0.3) is 0 Å². The van der Waals surface area contributed by atoms with Gasteiger partial charge in [0.15, 0.2) is 0 Å². The van der Waals surface area contributed by atoms with Crippen LogP contribution in [0.1, 0.15) is 38.2 Å². The number of para-hydroxylation sites is 1. The maximum absolute atomic E-state index is 5.99. The van der Waals surface area contributed by atoms with E-state index in [4.69, 9.17) is 5.73 Å². The zero-order valence-corrected chi connectivity index (χ0v) is 11.7. The van der Waals surface area contributed by atoms with Crippen molar-refractivity contribution in [1.29, 1.82) is 0 Å². The molecule has 18 heavy (non-hydrogen) atoms. The summed E-state index contributed by atoms with van der Waals surface area (Å²) in [5, 5.41) is 0. The van der Waals surface area contributed by atoms with Crippen molar-refractivity contribution >= 4 is 5.69 Å². The standard InChI is InChI=1S/C16H26N2/c1-13-6-5-8-15(12-13)18(2)11-10-14-7-3-4-9-16(14)17/h3-4,7,9,13,15H,5-6,8,10-12,17H2,1-2H3. The summed E-state index contributed by atoms with van der Waals surface area (Å²) in [6.07, 6.45) is 6.60. The van der Waals surface area contributed by atoms with Gasteiger partial charge in [0.2, 0.25) is 0 Å². The third kappa shape index (κ3) is 3.49. The van der Waals surface area contributed by atoms with E-state index in [1.54, 1.807) is 0 Å². The van der Waals surface area contributed by atoms with Gasteiger partial charge in [-0.25, -0.2) is 0 Å². The molecule has 0 heterocycles. The number of rotatable bonds is 4. The first-order chi connectivity index (χ1) is 8.66. The van der Waals surface area contributed by atoms with Gasteiger partial charge in [-0.05, 0) is 43.9 Å². The predicted octanol–water partition coefficient (Wildman–Crippen LogP) is 3.32. The lowest BCUT2D eigenvalue weighted by Gasteiger charge is -2.34. The maximum atomic E-state index is 5.99. The van der Waals surface area contributed by atoms with Crippen molar-refractivity contribution in [3.8, 4) is 0 Å².